The molecule has 1 unspecified atom stereocenters. The number of aryl methyl sites for hydroxylation is 2. The quantitative estimate of drug-likeness (QED) is 0.862. The summed E-state index contributed by atoms with van der Waals surface area (Å²) in [6, 6.07) is 0. The maximum atomic E-state index is 11.8. The fraction of sp³-hybridized carbons (Fsp3) is 0.562. The van der Waals surface area contributed by atoms with Crippen molar-refractivity contribution in [1.82, 2.24) is 15.0 Å². The summed E-state index contributed by atoms with van der Waals surface area (Å²) in [4.78, 5) is 26.2. The van der Waals surface area contributed by atoms with Crippen LogP contribution >= 0.6 is 0 Å². The highest BCUT2D eigenvalue weighted by Crippen LogP contribution is 2.30. The van der Waals surface area contributed by atoms with Gasteiger partial charge in [0.1, 0.15) is 17.8 Å². The van der Waals surface area contributed by atoms with Crippen LogP contribution in [0.25, 0.3) is 11.0 Å². The van der Waals surface area contributed by atoms with E-state index in [9.17, 15) is 4.79 Å². The Bertz CT molecular complexity index is 695. The number of H-pyrrole nitrogens is 1. The molecule has 0 saturated carbocycles. The summed E-state index contributed by atoms with van der Waals surface area (Å²) in [5, 5.41) is 1.09. The smallest absolute Gasteiger partial charge is 0.308 e. The minimum atomic E-state index is -0.0941. The lowest BCUT2D eigenvalue weighted by atomic mass is 10.0. The van der Waals surface area contributed by atoms with Gasteiger partial charge in [-0.15, -0.1) is 0 Å². The Morgan fingerprint density at radius 1 is 1.32 bits per heavy atom. The standard InChI is InChI=1S/C16H22N4O2/c1-10-11(2)19-14-13(10)15(18-9-17-14)20-7-4-5-12(6-8-20)16(21)22-3/h9,12H,4-8H2,1-3H3,(H,17,18,19). The van der Waals surface area contributed by atoms with Crippen LogP contribution in [0.1, 0.15) is 30.5 Å². The SMILES string of the molecule is COC(=O)C1CCCN(c2ncnc3[nH]c(C)c(C)c23)CC1. The summed E-state index contributed by atoms with van der Waals surface area (Å²) >= 11 is 0. The van der Waals surface area contributed by atoms with Crippen molar-refractivity contribution < 1.29 is 9.53 Å². The van der Waals surface area contributed by atoms with Crippen LogP contribution in [-0.4, -0.2) is 41.1 Å². The number of anilines is 1. The predicted octanol–water partition coefficient (Wildman–Crippen LogP) is 2.35. The highest BCUT2D eigenvalue weighted by Gasteiger charge is 2.25. The lowest BCUT2D eigenvalue weighted by Gasteiger charge is -2.22. The first-order valence-corrected chi connectivity index (χ1v) is 7.74. The van der Waals surface area contributed by atoms with E-state index >= 15 is 0 Å². The van der Waals surface area contributed by atoms with E-state index in [-0.39, 0.29) is 11.9 Å². The van der Waals surface area contributed by atoms with Gasteiger partial charge in [-0.1, -0.05) is 0 Å². The van der Waals surface area contributed by atoms with Crippen LogP contribution in [0.2, 0.25) is 0 Å². The fourth-order valence-electron chi connectivity index (χ4n) is 3.23. The number of carbonyl (C=O) groups excluding carboxylic acids is 1. The molecule has 0 amide bonds. The summed E-state index contributed by atoms with van der Waals surface area (Å²) < 4.78 is 4.89. The van der Waals surface area contributed by atoms with E-state index in [4.69, 9.17) is 4.74 Å². The van der Waals surface area contributed by atoms with Crippen molar-refractivity contribution in [3.05, 3.63) is 17.6 Å². The molecule has 0 spiro atoms. The maximum Gasteiger partial charge on any atom is 0.308 e. The van der Waals surface area contributed by atoms with E-state index < -0.39 is 0 Å². The topological polar surface area (TPSA) is 71.1 Å². The zero-order valence-electron chi connectivity index (χ0n) is 13.3. The van der Waals surface area contributed by atoms with Crippen LogP contribution in [-0.2, 0) is 9.53 Å². The molecule has 0 aromatic carbocycles. The lowest BCUT2D eigenvalue weighted by molar-refractivity contribution is -0.145. The number of ether oxygens (including phenoxy) is 1. The average Bonchev–Trinajstić information content (AvgIpc) is 2.72. The molecule has 22 heavy (non-hydrogen) atoms. The molecule has 1 fully saturated rings. The van der Waals surface area contributed by atoms with Gasteiger partial charge in [-0.2, -0.15) is 0 Å². The Morgan fingerprint density at radius 3 is 2.91 bits per heavy atom. The van der Waals surface area contributed by atoms with Gasteiger partial charge in [0.15, 0.2) is 0 Å². The van der Waals surface area contributed by atoms with Crippen molar-refractivity contribution in [1.29, 1.82) is 0 Å². The van der Waals surface area contributed by atoms with Crippen molar-refractivity contribution >= 4 is 22.8 Å². The minimum Gasteiger partial charge on any atom is -0.469 e. The summed E-state index contributed by atoms with van der Waals surface area (Å²) in [5.41, 5.74) is 3.20. The van der Waals surface area contributed by atoms with Crippen LogP contribution in [0, 0.1) is 19.8 Å². The Morgan fingerprint density at radius 2 is 2.14 bits per heavy atom. The Kier molecular flexibility index (Phi) is 4.00. The van der Waals surface area contributed by atoms with Crippen molar-refractivity contribution in [2.75, 3.05) is 25.1 Å². The number of hydrogen-bond donors (Lipinski definition) is 1. The highest BCUT2D eigenvalue weighted by atomic mass is 16.5. The van der Waals surface area contributed by atoms with Crippen molar-refractivity contribution in [2.45, 2.75) is 33.1 Å². The number of aromatic nitrogens is 3. The van der Waals surface area contributed by atoms with Crippen molar-refractivity contribution in [2.24, 2.45) is 5.92 Å². The van der Waals surface area contributed by atoms with Gasteiger partial charge >= 0.3 is 5.97 Å². The zero-order valence-corrected chi connectivity index (χ0v) is 13.3. The molecule has 0 aliphatic carbocycles. The minimum absolute atomic E-state index is 0.00128. The van der Waals surface area contributed by atoms with Crippen molar-refractivity contribution in [3.8, 4) is 0 Å². The molecule has 3 rings (SSSR count). The summed E-state index contributed by atoms with van der Waals surface area (Å²) in [5.74, 6) is 0.877. The fourth-order valence-corrected chi connectivity index (χ4v) is 3.23. The largest absolute Gasteiger partial charge is 0.469 e. The number of fused-ring (bicyclic) bond motifs is 1. The van der Waals surface area contributed by atoms with E-state index in [0.29, 0.717) is 0 Å². The highest BCUT2D eigenvalue weighted by molar-refractivity contribution is 5.91. The normalized spacial score (nSPS) is 19.2. The number of rotatable bonds is 2. The van der Waals surface area contributed by atoms with Crippen LogP contribution in [0.15, 0.2) is 6.33 Å². The number of nitrogens with one attached hydrogen (secondary N) is 1. The number of methoxy groups -OCH3 is 1. The zero-order chi connectivity index (χ0) is 15.7. The molecule has 1 atom stereocenters. The lowest BCUT2D eigenvalue weighted by Crippen LogP contribution is -2.26. The molecular formula is C16H22N4O2. The van der Waals surface area contributed by atoms with Crippen LogP contribution < -0.4 is 4.90 Å². The Labute approximate surface area is 129 Å². The second kappa shape index (κ2) is 5.94. The van der Waals surface area contributed by atoms with Crippen LogP contribution in [0.4, 0.5) is 5.82 Å². The van der Waals surface area contributed by atoms with Gasteiger partial charge in [-0.3, -0.25) is 4.79 Å². The molecule has 1 aliphatic rings. The third-order valence-corrected chi connectivity index (χ3v) is 4.63. The molecule has 1 N–H and O–H groups in total. The van der Waals surface area contributed by atoms with E-state index in [1.165, 1.54) is 12.7 Å². The van der Waals surface area contributed by atoms with Gasteiger partial charge < -0.3 is 14.6 Å². The van der Waals surface area contributed by atoms with Gasteiger partial charge in [0.2, 0.25) is 0 Å². The number of carbonyl (C=O) groups is 1. The van der Waals surface area contributed by atoms with Gasteiger partial charge in [0, 0.05) is 18.8 Å². The first-order chi connectivity index (χ1) is 10.6. The first-order valence-electron chi connectivity index (χ1n) is 7.74. The van der Waals surface area contributed by atoms with Crippen LogP contribution in [0.5, 0.6) is 0 Å². The number of esters is 1. The van der Waals surface area contributed by atoms with Gasteiger partial charge in [-0.05, 0) is 38.7 Å². The van der Waals surface area contributed by atoms with E-state index in [0.717, 1.165) is 54.9 Å². The average molecular weight is 302 g/mol. The Hall–Kier alpha value is -2.11. The number of nitrogens with zero attached hydrogens (tertiary/aromatic N) is 3. The molecule has 2 aromatic heterocycles. The number of aromatic amines is 1. The number of hydrogen-bond acceptors (Lipinski definition) is 5. The summed E-state index contributed by atoms with van der Waals surface area (Å²) in [7, 11) is 1.46. The predicted molar refractivity (Wildman–Crippen MR) is 84.9 cm³/mol. The molecule has 0 radical (unpaired) electrons. The molecule has 6 nitrogen and oxygen atoms in total. The first kappa shape index (κ1) is 14.8. The summed E-state index contributed by atoms with van der Waals surface area (Å²) in [6.45, 7) is 5.87. The van der Waals surface area contributed by atoms with Crippen LogP contribution in [0.3, 0.4) is 0 Å². The molecule has 0 bridgehead atoms. The molecule has 1 saturated heterocycles. The molecule has 6 heteroatoms. The van der Waals surface area contributed by atoms with Gasteiger partial charge in [0.05, 0.1) is 18.4 Å². The molecule has 3 heterocycles. The third-order valence-electron chi connectivity index (χ3n) is 4.63. The van der Waals surface area contributed by atoms with Gasteiger partial charge in [-0.25, -0.2) is 9.97 Å². The van der Waals surface area contributed by atoms with Crippen molar-refractivity contribution in [3.63, 3.8) is 0 Å². The van der Waals surface area contributed by atoms with E-state index in [1.54, 1.807) is 6.33 Å². The van der Waals surface area contributed by atoms with E-state index in [1.807, 2.05) is 0 Å². The Balaban J connectivity index is 1.90. The molecule has 118 valence electrons. The maximum absolute atomic E-state index is 11.8. The van der Waals surface area contributed by atoms with E-state index in [2.05, 4.69) is 33.7 Å². The third kappa shape index (κ3) is 2.53. The summed E-state index contributed by atoms with van der Waals surface area (Å²) in [6.07, 6.45) is 4.26. The monoisotopic (exact) mass is 302 g/mol. The van der Waals surface area contributed by atoms with Gasteiger partial charge in [0.25, 0.3) is 0 Å². The molecule has 1 aliphatic heterocycles. The second-order valence-corrected chi connectivity index (χ2v) is 5.93. The molecule has 2 aromatic rings. The second-order valence-electron chi connectivity index (χ2n) is 5.93. The molecular weight excluding hydrogens is 280 g/mol.